The lowest BCUT2D eigenvalue weighted by Gasteiger charge is -2.07. The lowest BCUT2D eigenvalue weighted by atomic mass is 10.1. The van der Waals surface area contributed by atoms with Crippen LogP contribution in [0.5, 0.6) is 5.75 Å². The van der Waals surface area contributed by atoms with Crippen molar-refractivity contribution in [3.63, 3.8) is 0 Å². The highest BCUT2D eigenvalue weighted by Gasteiger charge is 2.01. The first-order chi connectivity index (χ1) is 10.2. The minimum Gasteiger partial charge on any atom is -0.489 e. The summed E-state index contributed by atoms with van der Waals surface area (Å²) in [5.41, 5.74) is 2.44. The van der Waals surface area contributed by atoms with E-state index in [1.807, 2.05) is 24.3 Å². The Morgan fingerprint density at radius 1 is 1.19 bits per heavy atom. The van der Waals surface area contributed by atoms with Gasteiger partial charge in [-0.15, -0.1) is 0 Å². The van der Waals surface area contributed by atoms with Gasteiger partial charge in [-0.2, -0.15) is 0 Å². The summed E-state index contributed by atoms with van der Waals surface area (Å²) < 4.78 is 19.0. The molecule has 0 bridgehead atoms. The zero-order valence-electron chi connectivity index (χ0n) is 11.9. The van der Waals surface area contributed by atoms with Crippen molar-refractivity contribution in [3.05, 3.63) is 65.0 Å². The molecule has 2 aromatic rings. The predicted molar refractivity (Wildman–Crippen MR) is 80.5 cm³/mol. The molecule has 2 aromatic carbocycles. The summed E-state index contributed by atoms with van der Waals surface area (Å²) in [7, 11) is 0. The second-order valence-electron chi connectivity index (χ2n) is 4.68. The van der Waals surface area contributed by atoms with Crippen LogP contribution in [-0.4, -0.2) is 11.7 Å². The molecule has 0 unspecified atom stereocenters. The van der Waals surface area contributed by atoms with E-state index in [2.05, 4.69) is 11.8 Å². The van der Waals surface area contributed by atoms with E-state index in [1.54, 1.807) is 19.1 Å². The zero-order chi connectivity index (χ0) is 15.1. The highest BCUT2D eigenvalue weighted by Crippen LogP contribution is 2.17. The summed E-state index contributed by atoms with van der Waals surface area (Å²) in [4.78, 5) is 0. The van der Waals surface area contributed by atoms with Crippen LogP contribution in [0.1, 0.15) is 23.1 Å². The van der Waals surface area contributed by atoms with Gasteiger partial charge < -0.3 is 9.84 Å². The fourth-order valence-electron chi connectivity index (χ4n) is 1.79. The van der Waals surface area contributed by atoms with Crippen LogP contribution in [0.15, 0.2) is 42.5 Å². The number of hydrogen-bond acceptors (Lipinski definition) is 2. The summed E-state index contributed by atoms with van der Waals surface area (Å²) in [6.45, 7) is 2.14. The molecule has 3 heteroatoms. The van der Waals surface area contributed by atoms with Crippen molar-refractivity contribution in [3.8, 4) is 17.6 Å². The first-order valence-electron chi connectivity index (χ1n) is 6.76. The molecule has 0 fully saturated rings. The Morgan fingerprint density at radius 3 is 2.81 bits per heavy atom. The van der Waals surface area contributed by atoms with Crippen LogP contribution in [0.2, 0.25) is 0 Å². The summed E-state index contributed by atoms with van der Waals surface area (Å²) >= 11 is 0. The maximum Gasteiger partial charge on any atom is 0.129 e. The van der Waals surface area contributed by atoms with Gasteiger partial charge in [0.25, 0.3) is 0 Å². The van der Waals surface area contributed by atoms with Gasteiger partial charge >= 0.3 is 0 Å². The molecule has 0 aliphatic rings. The van der Waals surface area contributed by atoms with Crippen molar-refractivity contribution in [2.45, 2.75) is 20.0 Å². The van der Waals surface area contributed by atoms with Gasteiger partial charge in [0.2, 0.25) is 0 Å². The summed E-state index contributed by atoms with van der Waals surface area (Å²) in [6.07, 6.45) is 0.462. The molecular weight excluding hydrogens is 267 g/mol. The Labute approximate surface area is 124 Å². The lowest BCUT2D eigenvalue weighted by Crippen LogP contribution is -1.96. The molecule has 0 saturated heterocycles. The second-order valence-corrected chi connectivity index (χ2v) is 4.68. The van der Waals surface area contributed by atoms with Crippen molar-refractivity contribution >= 4 is 0 Å². The van der Waals surface area contributed by atoms with Crippen LogP contribution >= 0.6 is 0 Å². The van der Waals surface area contributed by atoms with E-state index < -0.39 is 0 Å². The van der Waals surface area contributed by atoms with Crippen molar-refractivity contribution in [2.24, 2.45) is 0 Å². The van der Waals surface area contributed by atoms with Crippen LogP contribution < -0.4 is 4.74 Å². The molecule has 21 heavy (non-hydrogen) atoms. The van der Waals surface area contributed by atoms with E-state index in [0.29, 0.717) is 24.3 Å². The second kappa shape index (κ2) is 7.47. The monoisotopic (exact) mass is 284 g/mol. The first kappa shape index (κ1) is 15.1. The van der Waals surface area contributed by atoms with Crippen molar-refractivity contribution in [1.82, 2.24) is 0 Å². The van der Waals surface area contributed by atoms with E-state index >= 15 is 0 Å². The lowest BCUT2D eigenvalue weighted by molar-refractivity contribution is 0.304. The van der Waals surface area contributed by atoms with Gasteiger partial charge in [0.1, 0.15) is 18.2 Å². The number of rotatable bonds is 4. The maximum absolute atomic E-state index is 13.4. The first-order valence-corrected chi connectivity index (χ1v) is 6.76. The molecule has 0 spiro atoms. The molecule has 0 saturated carbocycles. The van der Waals surface area contributed by atoms with E-state index in [9.17, 15) is 4.39 Å². The SMILES string of the molecule is Cc1ccc(OCc2cccc(C#CCCO)c2)cc1F. The fraction of sp³-hybridized carbons (Fsp3) is 0.222. The van der Waals surface area contributed by atoms with Crippen LogP contribution in [0.4, 0.5) is 4.39 Å². The van der Waals surface area contributed by atoms with E-state index in [0.717, 1.165) is 11.1 Å². The molecule has 0 heterocycles. The Balaban J connectivity index is 2.01. The third-order valence-electron chi connectivity index (χ3n) is 2.95. The number of aliphatic hydroxyl groups is 1. The van der Waals surface area contributed by atoms with Gasteiger partial charge in [0, 0.05) is 18.1 Å². The molecule has 0 aromatic heterocycles. The number of hydrogen-bond donors (Lipinski definition) is 1. The largest absolute Gasteiger partial charge is 0.489 e. The molecule has 0 aliphatic carbocycles. The quantitative estimate of drug-likeness (QED) is 0.871. The number of ether oxygens (including phenoxy) is 1. The van der Waals surface area contributed by atoms with Gasteiger partial charge in [-0.05, 0) is 36.2 Å². The van der Waals surface area contributed by atoms with Crippen LogP contribution in [-0.2, 0) is 6.61 Å². The molecule has 0 aliphatic heterocycles. The topological polar surface area (TPSA) is 29.5 Å². The van der Waals surface area contributed by atoms with Gasteiger partial charge in [-0.3, -0.25) is 0 Å². The Kier molecular flexibility index (Phi) is 5.36. The van der Waals surface area contributed by atoms with E-state index in [-0.39, 0.29) is 12.4 Å². The Hall–Kier alpha value is -2.31. The van der Waals surface area contributed by atoms with Gasteiger partial charge in [0.15, 0.2) is 0 Å². The molecule has 0 radical (unpaired) electrons. The zero-order valence-corrected chi connectivity index (χ0v) is 11.9. The normalized spacial score (nSPS) is 9.86. The molecule has 2 rings (SSSR count). The molecule has 0 amide bonds. The number of aliphatic hydroxyl groups excluding tert-OH is 1. The standard InChI is InChI=1S/C18H17FO2/c1-14-8-9-17(12-18(14)19)21-13-16-7-4-6-15(11-16)5-2-3-10-20/h4,6-9,11-12,20H,3,10,13H2,1H3. The summed E-state index contributed by atoms with van der Waals surface area (Å²) in [6, 6.07) is 12.5. The van der Waals surface area contributed by atoms with Crippen LogP contribution in [0.25, 0.3) is 0 Å². The van der Waals surface area contributed by atoms with Gasteiger partial charge in [-0.1, -0.05) is 30.0 Å². The van der Waals surface area contributed by atoms with Crippen LogP contribution in [0.3, 0.4) is 0 Å². The highest BCUT2D eigenvalue weighted by atomic mass is 19.1. The third kappa shape index (κ3) is 4.62. The Bertz CT molecular complexity index is 668. The average Bonchev–Trinajstić information content (AvgIpc) is 2.49. The number of benzene rings is 2. The fourth-order valence-corrected chi connectivity index (χ4v) is 1.79. The van der Waals surface area contributed by atoms with Crippen molar-refractivity contribution < 1.29 is 14.2 Å². The minimum atomic E-state index is -0.267. The van der Waals surface area contributed by atoms with Crippen molar-refractivity contribution in [1.29, 1.82) is 0 Å². The smallest absolute Gasteiger partial charge is 0.129 e. The molecule has 2 nitrogen and oxygen atoms in total. The van der Waals surface area contributed by atoms with Crippen LogP contribution in [0, 0.1) is 24.6 Å². The number of halogens is 1. The summed E-state index contributed by atoms with van der Waals surface area (Å²) in [5.74, 6) is 6.09. The summed E-state index contributed by atoms with van der Waals surface area (Å²) in [5, 5.41) is 8.70. The Morgan fingerprint density at radius 2 is 2.05 bits per heavy atom. The third-order valence-corrected chi connectivity index (χ3v) is 2.95. The van der Waals surface area contributed by atoms with Crippen molar-refractivity contribution in [2.75, 3.05) is 6.61 Å². The number of aryl methyl sites for hydroxylation is 1. The maximum atomic E-state index is 13.4. The molecule has 0 atom stereocenters. The molecule has 108 valence electrons. The van der Waals surface area contributed by atoms with E-state index in [1.165, 1.54) is 6.07 Å². The van der Waals surface area contributed by atoms with E-state index in [4.69, 9.17) is 9.84 Å². The van der Waals surface area contributed by atoms with Gasteiger partial charge in [0.05, 0.1) is 6.61 Å². The predicted octanol–water partition coefficient (Wildman–Crippen LogP) is 3.45. The van der Waals surface area contributed by atoms with Gasteiger partial charge in [-0.25, -0.2) is 4.39 Å². The molecular formula is C18H17FO2. The molecule has 1 N–H and O–H groups in total. The highest BCUT2D eigenvalue weighted by molar-refractivity contribution is 5.37. The average molecular weight is 284 g/mol. The minimum absolute atomic E-state index is 0.0643.